The van der Waals surface area contributed by atoms with Gasteiger partial charge in [0.05, 0.1) is 0 Å². The average molecular weight is 666 g/mol. The smallest absolute Gasteiger partial charge is 0.0412 e. The molecule has 5 nitrogen and oxygen atoms in total. The zero-order valence-electron chi connectivity index (χ0n) is 35.2. The number of aromatic nitrogens is 5. The van der Waals surface area contributed by atoms with Gasteiger partial charge in [-0.25, -0.2) is 0 Å². The first-order chi connectivity index (χ1) is 23.7. The van der Waals surface area contributed by atoms with Crippen molar-refractivity contribution in [3.63, 3.8) is 0 Å². The predicted octanol–water partition coefficient (Wildman–Crippen LogP) is 11.8. The second-order valence-corrected chi connectivity index (χ2v) is 14.0. The zero-order chi connectivity index (χ0) is 39.3. The van der Waals surface area contributed by atoms with E-state index in [1.54, 1.807) is 12.3 Å². The van der Waals surface area contributed by atoms with Crippen molar-refractivity contribution in [3.8, 4) is 0 Å². The van der Waals surface area contributed by atoms with Gasteiger partial charge in [0.2, 0.25) is 0 Å². The number of pyridine rings is 5. The number of rotatable bonds is 2. The fraction of sp³-hybridized carbons (Fsp3) is 0.432. The highest BCUT2D eigenvalue weighted by Gasteiger charge is 2.12. The van der Waals surface area contributed by atoms with Crippen LogP contribution in [0.1, 0.15) is 109 Å². The van der Waals surface area contributed by atoms with Gasteiger partial charge in [-0.15, -0.1) is 0 Å². The molecular formula is C44H65N5. The number of aryl methyl sites for hydroxylation is 7. The summed E-state index contributed by atoms with van der Waals surface area (Å²) < 4.78 is 16.0. The van der Waals surface area contributed by atoms with Crippen LogP contribution in [-0.4, -0.2) is 24.9 Å². The number of hydrogen-bond donors (Lipinski definition) is 0. The number of nitrogens with zero attached hydrogens (tertiary/aromatic N) is 5. The highest BCUT2D eigenvalue weighted by molar-refractivity contribution is 5.14. The zero-order valence-corrected chi connectivity index (χ0v) is 33.2. The average Bonchev–Trinajstić information content (AvgIpc) is 3.05. The maximum atomic E-state index is 8.02. The Kier molecular flexibility index (Phi) is 20.0. The lowest BCUT2D eigenvalue weighted by Crippen LogP contribution is -2.10. The Bertz CT molecular complexity index is 1580. The van der Waals surface area contributed by atoms with Crippen LogP contribution in [0, 0.1) is 59.3 Å². The Morgan fingerprint density at radius 2 is 0.980 bits per heavy atom. The van der Waals surface area contributed by atoms with E-state index < -0.39 is 11.8 Å². The van der Waals surface area contributed by atoms with Crippen molar-refractivity contribution in [1.82, 2.24) is 24.9 Å². The van der Waals surface area contributed by atoms with Gasteiger partial charge in [-0.3, -0.25) is 24.9 Å². The van der Waals surface area contributed by atoms with Gasteiger partial charge < -0.3 is 0 Å². The van der Waals surface area contributed by atoms with E-state index in [0.717, 1.165) is 40.6 Å². The van der Waals surface area contributed by atoms with Gasteiger partial charge in [0.1, 0.15) is 0 Å². The van der Waals surface area contributed by atoms with E-state index in [1.165, 1.54) is 11.1 Å². The first kappa shape index (κ1) is 40.9. The molecule has 0 bridgehead atoms. The van der Waals surface area contributed by atoms with Gasteiger partial charge in [-0.1, -0.05) is 85.7 Å². The number of hydrogen-bond acceptors (Lipinski definition) is 5. The second-order valence-electron chi connectivity index (χ2n) is 14.0. The van der Waals surface area contributed by atoms with Crippen molar-refractivity contribution in [2.45, 2.75) is 117 Å². The van der Waals surface area contributed by atoms with Crippen LogP contribution in [0.3, 0.4) is 0 Å². The minimum absolute atomic E-state index is 0.358. The first-order valence-corrected chi connectivity index (χ1v) is 17.2. The van der Waals surface area contributed by atoms with Crippen LogP contribution in [0.5, 0.6) is 0 Å². The highest BCUT2D eigenvalue weighted by atomic mass is 14.7. The minimum atomic E-state index is -1.39. The van der Waals surface area contributed by atoms with Crippen molar-refractivity contribution < 1.29 is 2.74 Å². The van der Waals surface area contributed by atoms with Crippen molar-refractivity contribution in [2.75, 3.05) is 0 Å². The summed E-state index contributed by atoms with van der Waals surface area (Å²) in [4.78, 5) is 20.7. The molecule has 0 saturated heterocycles. The standard InChI is InChI=1S/2C11H17N.2C7H9N.C6H7N.C2H6/c1-9-5-6-10(8-12-9)7-11(2,3)4;1-9-6-5-7-10(12-9)8-11(2,3)4;1-6-3-4-7(2)8-5-6;1-6-4-3-5-7(2)8-6;1-6-4-2-3-5-7-6;1-2/h5-6,8H,7H2,1-4H3;5-7H,8H2,1-4H3;2*3-5H,1-2H3;2-5H,1H3;1-2H3/i;8D2;;;;. The molecule has 5 aromatic rings. The molecule has 0 aliphatic heterocycles. The molecule has 5 heterocycles. The van der Waals surface area contributed by atoms with Crippen molar-refractivity contribution >= 4 is 0 Å². The summed E-state index contributed by atoms with van der Waals surface area (Å²) >= 11 is 0. The van der Waals surface area contributed by atoms with E-state index in [-0.39, 0.29) is 0 Å². The van der Waals surface area contributed by atoms with Gasteiger partial charge in [0.15, 0.2) is 0 Å². The normalized spacial score (nSPS) is 11.0. The molecule has 49 heavy (non-hydrogen) atoms. The Hall–Kier alpha value is -4.25. The third kappa shape index (κ3) is 26.4. The van der Waals surface area contributed by atoms with Crippen molar-refractivity contribution in [2.24, 2.45) is 10.8 Å². The summed E-state index contributed by atoms with van der Waals surface area (Å²) in [5.74, 6) is 0. The van der Waals surface area contributed by atoms with Gasteiger partial charge in [-0.2, -0.15) is 0 Å². The van der Waals surface area contributed by atoms with Crippen LogP contribution < -0.4 is 0 Å². The molecule has 0 radical (unpaired) electrons. The minimum Gasteiger partial charge on any atom is -0.262 e. The predicted molar refractivity (Wildman–Crippen MR) is 212 cm³/mol. The lowest BCUT2D eigenvalue weighted by atomic mass is 9.89. The molecule has 0 spiro atoms. The lowest BCUT2D eigenvalue weighted by Gasteiger charge is -2.17. The van der Waals surface area contributed by atoms with E-state index in [1.807, 2.05) is 150 Å². The molecule has 5 rings (SSSR count). The molecule has 266 valence electrons. The van der Waals surface area contributed by atoms with E-state index in [9.17, 15) is 0 Å². The van der Waals surface area contributed by atoms with Gasteiger partial charge in [0, 0.05) is 61.2 Å². The molecule has 5 heteroatoms. The molecule has 0 aliphatic carbocycles. The summed E-state index contributed by atoms with van der Waals surface area (Å²) in [7, 11) is 0. The fourth-order valence-corrected chi connectivity index (χ4v) is 3.88. The van der Waals surface area contributed by atoms with Crippen LogP contribution in [-0.2, 0) is 12.8 Å². The van der Waals surface area contributed by atoms with E-state index in [0.29, 0.717) is 11.1 Å². The third-order valence-electron chi connectivity index (χ3n) is 6.00. The van der Waals surface area contributed by atoms with Crippen molar-refractivity contribution in [3.05, 3.63) is 148 Å². The topological polar surface area (TPSA) is 64.5 Å². The van der Waals surface area contributed by atoms with Crippen LogP contribution in [0.4, 0.5) is 0 Å². The largest absolute Gasteiger partial charge is 0.262 e. The lowest BCUT2D eigenvalue weighted by molar-refractivity contribution is 0.406. The third-order valence-corrected chi connectivity index (χ3v) is 6.00. The van der Waals surface area contributed by atoms with Crippen LogP contribution in [0.2, 0.25) is 0 Å². The van der Waals surface area contributed by atoms with Crippen LogP contribution in [0.15, 0.2) is 97.5 Å². The maximum Gasteiger partial charge on any atom is 0.0412 e. The summed E-state index contributed by atoms with van der Waals surface area (Å²) in [5, 5.41) is 0. The Morgan fingerprint density at radius 1 is 0.490 bits per heavy atom. The highest BCUT2D eigenvalue weighted by Crippen LogP contribution is 2.20. The Balaban J connectivity index is 0.000000619. The fourth-order valence-electron chi connectivity index (χ4n) is 3.88. The molecule has 5 aromatic heterocycles. The van der Waals surface area contributed by atoms with E-state index in [2.05, 4.69) is 63.9 Å². The van der Waals surface area contributed by atoms with Gasteiger partial charge in [-0.05, 0) is 132 Å². The summed E-state index contributed by atoms with van der Waals surface area (Å²) in [6.45, 7) is 30.3. The second kappa shape index (κ2) is 24.0. The molecule has 0 aliphatic rings. The summed E-state index contributed by atoms with van der Waals surface area (Å²) in [5.41, 5.74) is 9.26. The van der Waals surface area contributed by atoms with Crippen LogP contribution in [0.25, 0.3) is 0 Å². The molecule has 0 amide bonds. The van der Waals surface area contributed by atoms with Crippen molar-refractivity contribution in [1.29, 1.82) is 0 Å². The molecule has 0 saturated carbocycles. The molecule has 0 aromatic carbocycles. The van der Waals surface area contributed by atoms with Crippen LogP contribution >= 0.6 is 0 Å². The summed E-state index contributed by atoms with van der Waals surface area (Å²) in [6.07, 6.45) is 5.34. The molecule has 0 N–H and O–H groups in total. The summed E-state index contributed by atoms with van der Waals surface area (Å²) in [6, 6.07) is 25.6. The first-order valence-electron chi connectivity index (χ1n) is 18.2. The SMILES string of the molecule is CC.Cc1ccc(C)nc1.Cc1ccc(CC(C)(C)C)cn1.Cc1cccc(C)n1.Cc1ccccn1.[2H]C([2H])(c1cccc(C)n1)C(C)(C)C. The molecule has 0 fully saturated rings. The van der Waals surface area contributed by atoms with E-state index in [4.69, 9.17) is 2.74 Å². The maximum absolute atomic E-state index is 8.02. The quantitative estimate of drug-likeness (QED) is 0.188. The van der Waals surface area contributed by atoms with Gasteiger partial charge in [0.25, 0.3) is 0 Å². The monoisotopic (exact) mass is 666 g/mol. The van der Waals surface area contributed by atoms with Gasteiger partial charge >= 0.3 is 0 Å². The Morgan fingerprint density at radius 3 is 1.31 bits per heavy atom. The van der Waals surface area contributed by atoms with E-state index >= 15 is 0 Å². The molecule has 0 unspecified atom stereocenters. The molecular weight excluding hydrogens is 599 g/mol. The molecule has 0 atom stereocenters. The Labute approximate surface area is 303 Å².